The molecule has 2 aromatic rings. The van der Waals surface area contributed by atoms with Crippen LogP contribution in [0.4, 0.5) is 11.4 Å². The highest BCUT2D eigenvalue weighted by molar-refractivity contribution is 9.10. The van der Waals surface area contributed by atoms with Gasteiger partial charge in [0.25, 0.3) is 10.0 Å². The normalized spacial score (nSPS) is 11.2. The van der Waals surface area contributed by atoms with Crippen LogP contribution in [-0.4, -0.2) is 19.9 Å². The quantitative estimate of drug-likeness (QED) is 0.816. The number of nitrogens with zero attached hydrogens (tertiary/aromatic N) is 1. The van der Waals surface area contributed by atoms with Crippen molar-refractivity contribution in [3.05, 3.63) is 46.2 Å². The van der Waals surface area contributed by atoms with E-state index in [1.54, 1.807) is 24.3 Å². The molecule has 8 heteroatoms. The van der Waals surface area contributed by atoms with Crippen LogP contribution in [0.5, 0.6) is 0 Å². The predicted molar refractivity (Wildman–Crippen MR) is 88.4 cm³/mol. The van der Waals surface area contributed by atoms with E-state index in [2.05, 4.69) is 31.0 Å². The highest BCUT2D eigenvalue weighted by Crippen LogP contribution is 2.29. The lowest BCUT2D eigenvalue weighted by atomic mass is 10.3. The summed E-state index contributed by atoms with van der Waals surface area (Å²) < 4.78 is 28.2. The molecular weight excluding hydrogens is 378 g/mol. The van der Waals surface area contributed by atoms with E-state index in [1.807, 2.05) is 6.92 Å². The standard InChI is InChI=1S/C13H13BrClN3O2S/c1-2-17-11-5-6-16-8-13(11)21(19,20)18-12-7-9(14)3-4-10(12)15/h3-8,18H,2H2,1H3,(H,16,17). The molecule has 0 unspecified atom stereocenters. The van der Waals surface area contributed by atoms with Crippen molar-refractivity contribution < 1.29 is 8.42 Å². The van der Waals surface area contributed by atoms with Gasteiger partial charge >= 0.3 is 0 Å². The number of rotatable bonds is 5. The van der Waals surface area contributed by atoms with Gasteiger partial charge in [-0.05, 0) is 31.2 Å². The van der Waals surface area contributed by atoms with Crippen molar-refractivity contribution in [1.82, 2.24) is 4.98 Å². The van der Waals surface area contributed by atoms with Crippen LogP contribution < -0.4 is 10.0 Å². The van der Waals surface area contributed by atoms with Gasteiger partial charge in [0.15, 0.2) is 0 Å². The van der Waals surface area contributed by atoms with Gasteiger partial charge in [0, 0.05) is 23.4 Å². The van der Waals surface area contributed by atoms with Crippen molar-refractivity contribution in [2.75, 3.05) is 16.6 Å². The minimum atomic E-state index is -3.79. The second kappa shape index (κ2) is 6.64. The van der Waals surface area contributed by atoms with E-state index in [1.165, 1.54) is 12.4 Å². The number of hydrogen-bond acceptors (Lipinski definition) is 4. The molecular formula is C13H13BrClN3O2S. The van der Waals surface area contributed by atoms with Gasteiger partial charge in [-0.2, -0.15) is 0 Å². The molecule has 0 radical (unpaired) electrons. The highest BCUT2D eigenvalue weighted by Gasteiger charge is 2.20. The van der Waals surface area contributed by atoms with E-state index in [0.29, 0.717) is 22.9 Å². The molecule has 2 rings (SSSR count). The minimum Gasteiger partial charge on any atom is -0.384 e. The van der Waals surface area contributed by atoms with Gasteiger partial charge in [-0.1, -0.05) is 27.5 Å². The van der Waals surface area contributed by atoms with Crippen LogP contribution in [-0.2, 0) is 10.0 Å². The zero-order chi connectivity index (χ0) is 15.5. The maximum atomic E-state index is 12.5. The molecule has 0 aliphatic heterocycles. The number of benzene rings is 1. The van der Waals surface area contributed by atoms with Crippen LogP contribution >= 0.6 is 27.5 Å². The van der Waals surface area contributed by atoms with Gasteiger partial charge in [-0.3, -0.25) is 9.71 Å². The van der Waals surface area contributed by atoms with Crippen molar-refractivity contribution >= 4 is 48.9 Å². The van der Waals surface area contributed by atoms with Crippen molar-refractivity contribution in [3.8, 4) is 0 Å². The lowest BCUT2D eigenvalue weighted by Gasteiger charge is -2.13. The molecule has 0 spiro atoms. The summed E-state index contributed by atoms with van der Waals surface area (Å²) in [5, 5.41) is 3.31. The Balaban J connectivity index is 2.41. The van der Waals surface area contributed by atoms with Crippen LogP contribution in [0.25, 0.3) is 0 Å². The van der Waals surface area contributed by atoms with E-state index in [-0.39, 0.29) is 4.90 Å². The van der Waals surface area contributed by atoms with E-state index in [9.17, 15) is 8.42 Å². The van der Waals surface area contributed by atoms with Gasteiger partial charge in [-0.15, -0.1) is 0 Å². The summed E-state index contributed by atoms with van der Waals surface area (Å²) in [7, 11) is -3.79. The number of nitrogens with one attached hydrogen (secondary N) is 2. The summed E-state index contributed by atoms with van der Waals surface area (Å²) in [6.45, 7) is 2.49. The first-order chi connectivity index (χ1) is 9.94. The van der Waals surface area contributed by atoms with Crippen molar-refractivity contribution in [1.29, 1.82) is 0 Å². The Morgan fingerprint density at radius 1 is 1.29 bits per heavy atom. The smallest absolute Gasteiger partial charge is 0.265 e. The topological polar surface area (TPSA) is 71.1 Å². The number of pyridine rings is 1. The monoisotopic (exact) mass is 389 g/mol. The first-order valence-electron chi connectivity index (χ1n) is 6.10. The molecule has 0 aliphatic carbocycles. The molecule has 0 bridgehead atoms. The lowest BCUT2D eigenvalue weighted by molar-refractivity contribution is 0.601. The summed E-state index contributed by atoms with van der Waals surface area (Å²) in [6, 6.07) is 6.55. The van der Waals surface area contributed by atoms with Gasteiger partial charge in [-0.25, -0.2) is 8.42 Å². The molecule has 0 fully saturated rings. The Morgan fingerprint density at radius 3 is 2.76 bits per heavy atom. The first-order valence-corrected chi connectivity index (χ1v) is 8.75. The van der Waals surface area contributed by atoms with Gasteiger partial charge in [0.2, 0.25) is 0 Å². The summed E-state index contributed by atoms with van der Waals surface area (Å²) in [5.41, 5.74) is 0.795. The van der Waals surface area contributed by atoms with E-state index in [4.69, 9.17) is 11.6 Å². The van der Waals surface area contributed by atoms with E-state index in [0.717, 1.165) is 4.47 Å². The maximum Gasteiger partial charge on any atom is 0.265 e. The zero-order valence-electron chi connectivity index (χ0n) is 11.1. The first kappa shape index (κ1) is 16.1. The molecule has 1 aromatic heterocycles. The predicted octanol–water partition coefficient (Wildman–Crippen LogP) is 3.73. The molecule has 2 N–H and O–H groups in total. The average Bonchev–Trinajstić information content (AvgIpc) is 2.43. The van der Waals surface area contributed by atoms with Gasteiger partial charge in [0.1, 0.15) is 4.90 Å². The molecule has 1 heterocycles. The Hall–Kier alpha value is -1.31. The summed E-state index contributed by atoms with van der Waals surface area (Å²) >= 11 is 9.29. The molecule has 0 saturated heterocycles. The fraction of sp³-hybridized carbons (Fsp3) is 0.154. The molecule has 5 nitrogen and oxygen atoms in total. The summed E-state index contributed by atoms with van der Waals surface area (Å²) in [6.07, 6.45) is 2.83. The van der Waals surface area contributed by atoms with E-state index < -0.39 is 10.0 Å². The van der Waals surface area contributed by atoms with Crippen molar-refractivity contribution in [2.24, 2.45) is 0 Å². The second-order valence-electron chi connectivity index (χ2n) is 4.13. The van der Waals surface area contributed by atoms with Crippen molar-refractivity contribution in [3.63, 3.8) is 0 Å². The highest BCUT2D eigenvalue weighted by atomic mass is 79.9. The Morgan fingerprint density at radius 2 is 2.05 bits per heavy atom. The van der Waals surface area contributed by atoms with E-state index >= 15 is 0 Å². The molecule has 0 atom stereocenters. The summed E-state index contributed by atoms with van der Waals surface area (Å²) in [4.78, 5) is 3.95. The molecule has 21 heavy (non-hydrogen) atoms. The largest absolute Gasteiger partial charge is 0.384 e. The second-order valence-corrected chi connectivity index (χ2v) is 7.11. The van der Waals surface area contributed by atoms with Gasteiger partial charge in [0.05, 0.1) is 16.4 Å². The minimum absolute atomic E-state index is 0.0721. The number of hydrogen-bond donors (Lipinski definition) is 2. The average molecular weight is 391 g/mol. The number of aromatic nitrogens is 1. The van der Waals surface area contributed by atoms with Crippen LogP contribution in [0.15, 0.2) is 46.0 Å². The third-order valence-electron chi connectivity index (χ3n) is 2.61. The molecule has 0 aliphatic rings. The number of halogens is 2. The SMILES string of the molecule is CCNc1ccncc1S(=O)(=O)Nc1cc(Br)ccc1Cl. The third kappa shape index (κ3) is 3.87. The fourth-order valence-electron chi connectivity index (χ4n) is 1.71. The number of anilines is 2. The maximum absolute atomic E-state index is 12.5. The van der Waals surface area contributed by atoms with Crippen LogP contribution in [0.1, 0.15) is 6.92 Å². The van der Waals surface area contributed by atoms with Crippen LogP contribution in [0.2, 0.25) is 5.02 Å². The van der Waals surface area contributed by atoms with Crippen molar-refractivity contribution in [2.45, 2.75) is 11.8 Å². The fourth-order valence-corrected chi connectivity index (χ4v) is 3.49. The Bertz CT molecular complexity index is 753. The Labute approximate surface area is 136 Å². The molecule has 0 saturated carbocycles. The molecule has 0 amide bonds. The van der Waals surface area contributed by atoms with Crippen LogP contribution in [0, 0.1) is 0 Å². The number of sulfonamides is 1. The van der Waals surface area contributed by atoms with Crippen LogP contribution in [0.3, 0.4) is 0 Å². The Kier molecular flexibility index (Phi) is 5.08. The molecule has 1 aromatic carbocycles. The zero-order valence-corrected chi connectivity index (χ0v) is 14.3. The summed E-state index contributed by atoms with van der Waals surface area (Å²) in [5.74, 6) is 0. The third-order valence-corrected chi connectivity index (χ3v) is 4.83. The molecule has 112 valence electrons. The lowest BCUT2D eigenvalue weighted by Crippen LogP contribution is -2.16. The van der Waals surface area contributed by atoms with Gasteiger partial charge < -0.3 is 5.32 Å².